The van der Waals surface area contributed by atoms with Crippen molar-refractivity contribution in [1.82, 2.24) is 9.78 Å². The van der Waals surface area contributed by atoms with Gasteiger partial charge in [-0.05, 0) is 30.2 Å². The van der Waals surface area contributed by atoms with Gasteiger partial charge in [0.1, 0.15) is 0 Å². The first-order valence-corrected chi connectivity index (χ1v) is 6.28. The number of para-hydroxylation sites is 1. The number of hydrogen-bond donors (Lipinski definition) is 1. The molecule has 2 aromatic rings. The number of hydrogen-bond acceptors (Lipinski definition) is 3. The Kier molecular flexibility index (Phi) is 4.52. The molecule has 19 heavy (non-hydrogen) atoms. The number of halogens is 1. The van der Waals surface area contributed by atoms with E-state index in [4.69, 9.17) is 10.5 Å². The molecule has 0 atom stereocenters. The molecule has 2 rings (SSSR count). The quantitative estimate of drug-likeness (QED) is 0.862. The average molecular weight is 263 g/mol. The summed E-state index contributed by atoms with van der Waals surface area (Å²) in [7, 11) is 1.86. The van der Waals surface area contributed by atoms with Crippen LogP contribution >= 0.6 is 0 Å². The molecular formula is C14H18FN3O. The normalized spacial score (nSPS) is 10.7. The number of nitrogens with zero attached hydrogens (tertiary/aromatic N) is 2. The molecule has 0 saturated heterocycles. The maximum absolute atomic E-state index is 13.7. The Morgan fingerprint density at radius 2 is 2.21 bits per heavy atom. The predicted molar refractivity (Wildman–Crippen MR) is 71.6 cm³/mol. The van der Waals surface area contributed by atoms with E-state index in [1.54, 1.807) is 16.9 Å². The summed E-state index contributed by atoms with van der Waals surface area (Å²) < 4.78 is 21.0. The van der Waals surface area contributed by atoms with Crippen LogP contribution in [0.25, 0.3) is 0 Å². The molecule has 0 radical (unpaired) electrons. The number of aryl methyl sites for hydroxylation is 1. The van der Waals surface area contributed by atoms with E-state index in [0.717, 1.165) is 11.1 Å². The van der Waals surface area contributed by atoms with Crippen LogP contribution in [0.4, 0.5) is 4.39 Å². The smallest absolute Gasteiger partial charge is 0.165 e. The molecule has 0 saturated carbocycles. The van der Waals surface area contributed by atoms with Crippen LogP contribution in [0.5, 0.6) is 5.75 Å². The maximum Gasteiger partial charge on any atom is 0.165 e. The highest BCUT2D eigenvalue weighted by molar-refractivity contribution is 5.35. The van der Waals surface area contributed by atoms with Crippen LogP contribution in [0.15, 0.2) is 30.6 Å². The monoisotopic (exact) mass is 263 g/mol. The number of ether oxygens (including phenoxy) is 1. The second kappa shape index (κ2) is 6.33. The van der Waals surface area contributed by atoms with Crippen molar-refractivity contribution in [2.75, 3.05) is 13.2 Å². The molecule has 1 aromatic heterocycles. The summed E-state index contributed by atoms with van der Waals surface area (Å²) in [6, 6.07) is 4.92. The first kappa shape index (κ1) is 13.5. The van der Waals surface area contributed by atoms with Gasteiger partial charge in [0.2, 0.25) is 0 Å². The fraction of sp³-hybridized carbons (Fsp3) is 0.357. The number of rotatable bonds is 6. The molecule has 5 heteroatoms. The summed E-state index contributed by atoms with van der Waals surface area (Å²) in [5.74, 6) is -0.0195. The Morgan fingerprint density at radius 1 is 1.37 bits per heavy atom. The zero-order valence-electron chi connectivity index (χ0n) is 11.0. The van der Waals surface area contributed by atoms with Crippen LogP contribution in [-0.2, 0) is 19.9 Å². The molecule has 0 fully saturated rings. The molecule has 0 bridgehead atoms. The molecule has 1 heterocycles. The van der Waals surface area contributed by atoms with Crippen LogP contribution in [0.3, 0.4) is 0 Å². The third kappa shape index (κ3) is 3.54. The molecule has 2 N–H and O–H groups in total. The summed E-state index contributed by atoms with van der Waals surface area (Å²) in [6.07, 6.45) is 5.02. The lowest BCUT2D eigenvalue weighted by Gasteiger charge is -2.11. The van der Waals surface area contributed by atoms with Crippen LogP contribution in [0, 0.1) is 5.82 Å². The summed E-state index contributed by atoms with van der Waals surface area (Å²) in [5, 5.41) is 4.08. The second-order valence-corrected chi connectivity index (χ2v) is 4.39. The highest BCUT2D eigenvalue weighted by Gasteiger charge is 2.09. The Balaban J connectivity index is 1.98. The Hall–Kier alpha value is -1.88. The van der Waals surface area contributed by atoms with Crippen molar-refractivity contribution in [3.05, 3.63) is 47.5 Å². The second-order valence-electron chi connectivity index (χ2n) is 4.39. The van der Waals surface area contributed by atoms with E-state index in [0.29, 0.717) is 31.7 Å². The zero-order chi connectivity index (χ0) is 13.7. The summed E-state index contributed by atoms with van der Waals surface area (Å²) in [6.45, 7) is 0.895. The molecule has 0 aliphatic carbocycles. The highest BCUT2D eigenvalue weighted by Crippen LogP contribution is 2.23. The minimum atomic E-state index is -0.336. The van der Waals surface area contributed by atoms with Gasteiger partial charge in [0.25, 0.3) is 0 Å². The summed E-state index contributed by atoms with van der Waals surface area (Å²) >= 11 is 0. The van der Waals surface area contributed by atoms with Crippen molar-refractivity contribution in [2.24, 2.45) is 12.8 Å². The van der Waals surface area contributed by atoms with Crippen molar-refractivity contribution >= 4 is 0 Å². The Morgan fingerprint density at radius 3 is 2.89 bits per heavy atom. The summed E-state index contributed by atoms with van der Waals surface area (Å²) in [4.78, 5) is 0. The minimum Gasteiger partial charge on any atom is -0.490 e. The summed E-state index contributed by atoms with van der Waals surface area (Å²) in [5.41, 5.74) is 7.40. The predicted octanol–water partition coefficient (Wildman–Crippen LogP) is 1.68. The molecule has 0 amide bonds. The van der Waals surface area contributed by atoms with E-state index in [-0.39, 0.29) is 5.82 Å². The van der Waals surface area contributed by atoms with Crippen molar-refractivity contribution in [3.8, 4) is 5.75 Å². The van der Waals surface area contributed by atoms with Gasteiger partial charge >= 0.3 is 0 Å². The zero-order valence-corrected chi connectivity index (χ0v) is 11.0. The molecule has 0 unspecified atom stereocenters. The average Bonchev–Trinajstić information content (AvgIpc) is 2.79. The lowest BCUT2D eigenvalue weighted by atomic mass is 10.1. The largest absolute Gasteiger partial charge is 0.490 e. The molecular weight excluding hydrogens is 245 g/mol. The molecule has 102 valence electrons. The topological polar surface area (TPSA) is 53.1 Å². The van der Waals surface area contributed by atoms with Crippen molar-refractivity contribution < 1.29 is 9.13 Å². The van der Waals surface area contributed by atoms with Gasteiger partial charge < -0.3 is 10.5 Å². The van der Waals surface area contributed by atoms with E-state index in [1.807, 2.05) is 19.3 Å². The third-order valence-electron chi connectivity index (χ3n) is 2.86. The van der Waals surface area contributed by atoms with Gasteiger partial charge in [-0.2, -0.15) is 5.10 Å². The molecule has 0 aliphatic heterocycles. The minimum absolute atomic E-state index is 0.317. The van der Waals surface area contributed by atoms with E-state index >= 15 is 0 Å². The standard InChI is InChI=1S/C14H18FN3O/c1-18-10-11(9-17-18)6-8-19-14-12(5-7-16)3-2-4-13(14)15/h2-4,9-10H,5-8,16H2,1H3. The molecule has 1 aromatic carbocycles. The Labute approximate surface area is 112 Å². The van der Waals surface area contributed by atoms with Gasteiger partial charge in [0, 0.05) is 19.7 Å². The Bertz CT molecular complexity index is 539. The van der Waals surface area contributed by atoms with Gasteiger partial charge in [0.15, 0.2) is 11.6 Å². The van der Waals surface area contributed by atoms with E-state index in [9.17, 15) is 4.39 Å². The van der Waals surface area contributed by atoms with Gasteiger partial charge in [0.05, 0.1) is 12.8 Å². The maximum atomic E-state index is 13.7. The number of nitrogens with two attached hydrogens (primary N) is 1. The first-order chi connectivity index (χ1) is 9.20. The van der Waals surface area contributed by atoms with Crippen LogP contribution in [-0.4, -0.2) is 22.9 Å². The van der Waals surface area contributed by atoms with Crippen molar-refractivity contribution in [2.45, 2.75) is 12.8 Å². The lowest BCUT2D eigenvalue weighted by molar-refractivity contribution is 0.302. The molecule has 4 nitrogen and oxygen atoms in total. The van der Waals surface area contributed by atoms with Crippen molar-refractivity contribution in [1.29, 1.82) is 0 Å². The third-order valence-corrected chi connectivity index (χ3v) is 2.86. The van der Waals surface area contributed by atoms with E-state index < -0.39 is 0 Å². The fourth-order valence-electron chi connectivity index (χ4n) is 1.94. The van der Waals surface area contributed by atoms with Crippen LogP contribution < -0.4 is 10.5 Å². The van der Waals surface area contributed by atoms with Gasteiger partial charge in [-0.1, -0.05) is 12.1 Å². The van der Waals surface area contributed by atoms with Crippen molar-refractivity contribution in [3.63, 3.8) is 0 Å². The van der Waals surface area contributed by atoms with E-state index in [1.165, 1.54) is 6.07 Å². The first-order valence-electron chi connectivity index (χ1n) is 6.28. The van der Waals surface area contributed by atoms with Gasteiger partial charge in [-0.15, -0.1) is 0 Å². The lowest BCUT2D eigenvalue weighted by Crippen LogP contribution is -2.08. The SMILES string of the molecule is Cn1cc(CCOc2c(F)cccc2CCN)cn1. The fourth-order valence-corrected chi connectivity index (χ4v) is 1.94. The number of aromatic nitrogens is 2. The molecule has 0 aliphatic rings. The van der Waals surface area contributed by atoms with Crippen LogP contribution in [0.2, 0.25) is 0 Å². The number of benzene rings is 1. The van der Waals surface area contributed by atoms with Crippen LogP contribution in [0.1, 0.15) is 11.1 Å². The molecule has 0 spiro atoms. The highest BCUT2D eigenvalue weighted by atomic mass is 19.1. The van der Waals surface area contributed by atoms with E-state index in [2.05, 4.69) is 5.10 Å². The van der Waals surface area contributed by atoms with Gasteiger partial charge in [-0.25, -0.2) is 4.39 Å². The van der Waals surface area contributed by atoms with Gasteiger partial charge in [-0.3, -0.25) is 4.68 Å².